The minimum atomic E-state index is 0.747. The Morgan fingerprint density at radius 1 is 1.27 bits per heavy atom. The molecule has 0 aromatic heterocycles. The lowest BCUT2D eigenvalue weighted by Gasteiger charge is -2.28. The summed E-state index contributed by atoms with van der Waals surface area (Å²) in [6.07, 6.45) is 5.46. The second kappa shape index (κ2) is 4.26. The lowest BCUT2D eigenvalue weighted by atomic mass is 9.77. The van der Waals surface area contributed by atoms with Gasteiger partial charge in [0, 0.05) is 5.69 Å². The van der Waals surface area contributed by atoms with Gasteiger partial charge >= 0.3 is 0 Å². The van der Waals surface area contributed by atoms with Gasteiger partial charge in [0.05, 0.1) is 0 Å². The molecule has 0 aliphatic heterocycles. The van der Waals surface area contributed by atoms with Gasteiger partial charge < -0.3 is 5.73 Å². The van der Waals surface area contributed by atoms with Crippen molar-refractivity contribution < 1.29 is 0 Å². The molecule has 2 atom stereocenters. The minimum absolute atomic E-state index is 0.747. The van der Waals surface area contributed by atoms with E-state index in [-0.39, 0.29) is 0 Å². The Labute approximate surface area is 92.7 Å². The van der Waals surface area contributed by atoms with Crippen molar-refractivity contribution in [2.24, 2.45) is 5.92 Å². The Kier molecular flexibility index (Phi) is 2.99. The summed E-state index contributed by atoms with van der Waals surface area (Å²) in [5.41, 5.74) is 9.70. The first-order valence-corrected chi connectivity index (χ1v) is 6.03. The van der Waals surface area contributed by atoms with Gasteiger partial charge in [0.15, 0.2) is 0 Å². The predicted molar refractivity (Wildman–Crippen MR) is 66.0 cm³/mol. The number of nitrogen functional groups attached to an aromatic ring is 1. The van der Waals surface area contributed by atoms with Gasteiger partial charge in [-0.15, -0.1) is 0 Å². The van der Waals surface area contributed by atoms with Gasteiger partial charge in [-0.25, -0.2) is 0 Å². The first-order valence-electron chi connectivity index (χ1n) is 6.03. The third kappa shape index (κ3) is 2.17. The van der Waals surface area contributed by atoms with Crippen LogP contribution in [0.5, 0.6) is 0 Å². The number of hydrogen-bond donors (Lipinski definition) is 1. The van der Waals surface area contributed by atoms with Crippen molar-refractivity contribution in [1.29, 1.82) is 0 Å². The zero-order chi connectivity index (χ0) is 10.8. The fourth-order valence-corrected chi connectivity index (χ4v) is 2.83. The number of rotatable bonds is 1. The minimum Gasteiger partial charge on any atom is -0.399 e. The summed E-state index contributed by atoms with van der Waals surface area (Å²) >= 11 is 0. The van der Waals surface area contributed by atoms with Crippen LogP contribution in [0.15, 0.2) is 18.2 Å². The van der Waals surface area contributed by atoms with Crippen LogP contribution in [-0.4, -0.2) is 0 Å². The highest BCUT2D eigenvalue weighted by Gasteiger charge is 2.21. The van der Waals surface area contributed by atoms with Crippen LogP contribution in [-0.2, 0) is 0 Å². The van der Waals surface area contributed by atoms with E-state index >= 15 is 0 Å². The Balaban J connectivity index is 2.24. The summed E-state index contributed by atoms with van der Waals surface area (Å²) in [7, 11) is 0. The summed E-state index contributed by atoms with van der Waals surface area (Å²) in [4.78, 5) is 0. The SMILES string of the molecule is Cc1c(N)cccc1[C@@H]1CCC[C@@H](C)C1. The van der Waals surface area contributed by atoms with Gasteiger partial charge in [-0.1, -0.05) is 31.9 Å². The van der Waals surface area contributed by atoms with E-state index < -0.39 is 0 Å². The molecule has 0 heterocycles. The van der Waals surface area contributed by atoms with E-state index in [0.29, 0.717) is 0 Å². The predicted octanol–water partition coefficient (Wildman–Crippen LogP) is 3.87. The lowest BCUT2D eigenvalue weighted by molar-refractivity contribution is 0.343. The maximum atomic E-state index is 5.96. The molecule has 15 heavy (non-hydrogen) atoms. The Morgan fingerprint density at radius 3 is 2.80 bits per heavy atom. The molecule has 82 valence electrons. The molecular weight excluding hydrogens is 182 g/mol. The molecule has 0 spiro atoms. The van der Waals surface area contributed by atoms with Crippen molar-refractivity contribution in [3.05, 3.63) is 29.3 Å². The van der Waals surface area contributed by atoms with Gasteiger partial charge in [0.2, 0.25) is 0 Å². The largest absolute Gasteiger partial charge is 0.399 e. The van der Waals surface area contributed by atoms with Crippen molar-refractivity contribution in [2.45, 2.75) is 45.4 Å². The average Bonchev–Trinajstić information content (AvgIpc) is 2.22. The number of anilines is 1. The van der Waals surface area contributed by atoms with Crippen LogP contribution in [0.4, 0.5) is 5.69 Å². The molecule has 1 aromatic rings. The van der Waals surface area contributed by atoms with E-state index in [0.717, 1.165) is 17.5 Å². The molecule has 0 amide bonds. The number of hydrogen-bond acceptors (Lipinski definition) is 1. The zero-order valence-corrected chi connectivity index (χ0v) is 9.79. The highest BCUT2D eigenvalue weighted by molar-refractivity contribution is 5.51. The third-order valence-electron chi connectivity index (χ3n) is 3.79. The molecule has 1 nitrogen and oxygen atoms in total. The normalized spacial score (nSPS) is 26.5. The topological polar surface area (TPSA) is 26.0 Å². The third-order valence-corrected chi connectivity index (χ3v) is 3.79. The Morgan fingerprint density at radius 2 is 2.07 bits per heavy atom. The molecule has 1 fully saturated rings. The Bertz CT molecular complexity index is 343. The van der Waals surface area contributed by atoms with E-state index in [1.165, 1.54) is 36.8 Å². The maximum absolute atomic E-state index is 5.96. The summed E-state index contributed by atoms with van der Waals surface area (Å²) in [6.45, 7) is 4.53. The van der Waals surface area contributed by atoms with Crippen LogP contribution in [0.1, 0.15) is 49.7 Å². The second-order valence-electron chi connectivity index (χ2n) is 5.03. The van der Waals surface area contributed by atoms with E-state index in [9.17, 15) is 0 Å². The fourth-order valence-electron chi connectivity index (χ4n) is 2.83. The summed E-state index contributed by atoms with van der Waals surface area (Å²) in [5.74, 6) is 1.63. The lowest BCUT2D eigenvalue weighted by Crippen LogP contribution is -2.13. The van der Waals surface area contributed by atoms with E-state index in [1.54, 1.807) is 0 Å². The molecule has 0 saturated heterocycles. The van der Waals surface area contributed by atoms with Crippen LogP contribution in [0, 0.1) is 12.8 Å². The van der Waals surface area contributed by atoms with Gasteiger partial charge in [-0.05, 0) is 48.8 Å². The number of nitrogens with two attached hydrogens (primary N) is 1. The molecule has 1 aliphatic carbocycles. The van der Waals surface area contributed by atoms with E-state index in [4.69, 9.17) is 5.73 Å². The molecule has 1 saturated carbocycles. The highest BCUT2D eigenvalue weighted by Crippen LogP contribution is 2.38. The van der Waals surface area contributed by atoms with Crippen LogP contribution in [0.2, 0.25) is 0 Å². The van der Waals surface area contributed by atoms with Crippen molar-refractivity contribution in [1.82, 2.24) is 0 Å². The van der Waals surface area contributed by atoms with Crippen LogP contribution >= 0.6 is 0 Å². The van der Waals surface area contributed by atoms with Gasteiger partial charge in [0.25, 0.3) is 0 Å². The van der Waals surface area contributed by atoms with Crippen LogP contribution < -0.4 is 5.73 Å². The maximum Gasteiger partial charge on any atom is 0.0346 e. The quantitative estimate of drug-likeness (QED) is 0.689. The Hall–Kier alpha value is -0.980. The first-order chi connectivity index (χ1) is 7.18. The summed E-state index contributed by atoms with van der Waals surface area (Å²) in [5, 5.41) is 0. The second-order valence-corrected chi connectivity index (χ2v) is 5.03. The standard InChI is InChI=1S/C14H21N/c1-10-5-3-6-12(9-10)13-7-4-8-14(15)11(13)2/h4,7-8,10,12H,3,5-6,9,15H2,1-2H3/t10-,12-/m1/s1. The molecule has 1 heteroatoms. The molecule has 1 aliphatic rings. The zero-order valence-electron chi connectivity index (χ0n) is 9.79. The molecule has 0 unspecified atom stereocenters. The van der Waals surface area contributed by atoms with Gasteiger partial charge in [-0.3, -0.25) is 0 Å². The van der Waals surface area contributed by atoms with Crippen LogP contribution in [0.3, 0.4) is 0 Å². The summed E-state index contributed by atoms with van der Waals surface area (Å²) in [6, 6.07) is 6.36. The summed E-state index contributed by atoms with van der Waals surface area (Å²) < 4.78 is 0. The molecule has 2 N–H and O–H groups in total. The first kappa shape index (κ1) is 10.5. The smallest absolute Gasteiger partial charge is 0.0346 e. The fraction of sp³-hybridized carbons (Fsp3) is 0.571. The number of benzene rings is 1. The van der Waals surface area contributed by atoms with Crippen molar-refractivity contribution >= 4 is 5.69 Å². The van der Waals surface area contributed by atoms with E-state index in [1.807, 2.05) is 6.07 Å². The van der Waals surface area contributed by atoms with Crippen molar-refractivity contribution in [3.63, 3.8) is 0 Å². The van der Waals surface area contributed by atoms with Crippen molar-refractivity contribution in [3.8, 4) is 0 Å². The van der Waals surface area contributed by atoms with Crippen LogP contribution in [0.25, 0.3) is 0 Å². The van der Waals surface area contributed by atoms with Gasteiger partial charge in [0.1, 0.15) is 0 Å². The average molecular weight is 203 g/mol. The molecule has 1 aromatic carbocycles. The monoisotopic (exact) mass is 203 g/mol. The molecule has 0 bridgehead atoms. The molecule has 0 radical (unpaired) electrons. The molecule has 2 rings (SSSR count). The van der Waals surface area contributed by atoms with Gasteiger partial charge in [-0.2, -0.15) is 0 Å². The molecular formula is C14H21N. The van der Waals surface area contributed by atoms with E-state index in [2.05, 4.69) is 26.0 Å². The highest BCUT2D eigenvalue weighted by atomic mass is 14.6. The van der Waals surface area contributed by atoms with Crippen molar-refractivity contribution in [2.75, 3.05) is 5.73 Å².